The van der Waals surface area contributed by atoms with Crippen molar-refractivity contribution in [2.75, 3.05) is 31.9 Å². The molecule has 88 valence electrons. The fourth-order valence-corrected chi connectivity index (χ4v) is 4.00. The van der Waals surface area contributed by atoms with Gasteiger partial charge in [-0.2, -0.15) is 11.8 Å². The number of piperidine rings is 1. The van der Waals surface area contributed by atoms with Crippen LogP contribution in [0.25, 0.3) is 0 Å². The van der Waals surface area contributed by atoms with Crippen molar-refractivity contribution in [2.45, 2.75) is 43.9 Å². The third-order valence-corrected chi connectivity index (χ3v) is 4.95. The van der Waals surface area contributed by atoms with Gasteiger partial charge in [-0.05, 0) is 51.1 Å². The van der Waals surface area contributed by atoms with Crippen LogP contribution in [0, 0.1) is 0 Å². The molecule has 2 saturated heterocycles. The van der Waals surface area contributed by atoms with E-state index in [-0.39, 0.29) is 0 Å². The Bertz CT molecular complexity index is 172. The van der Waals surface area contributed by atoms with E-state index in [0.717, 1.165) is 17.8 Å². The molecule has 0 aromatic rings. The molecule has 0 aromatic carbocycles. The van der Waals surface area contributed by atoms with Gasteiger partial charge in [0, 0.05) is 17.8 Å². The summed E-state index contributed by atoms with van der Waals surface area (Å²) in [6.07, 6.45) is 5.61. The number of hydrogen-bond donors (Lipinski definition) is 1. The molecule has 0 radical (unpaired) electrons. The fraction of sp³-hybridized carbons (Fsp3) is 1.00. The second-order valence-corrected chi connectivity index (χ2v) is 6.18. The van der Waals surface area contributed by atoms with Crippen LogP contribution in [0.2, 0.25) is 0 Å². The molecule has 0 aromatic heterocycles. The third kappa shape index (κ3) is 3.65. The molecule has 0 spiro atoms. The van der Waals surface area contributed by atoms with E-state index < -0.39 is 0 Å². The van der Waals surface area contributed by atoms with E-state index in [4.69, 9.17) is 0 Å². The average Bonchev–Trinajstić information content (AvgIpc) is 2.74. The molecule has 0 bridgehead atoms. The molecule has 2 heterocycles. The largest absolute Gasteiger partial charge is 0.314 e. The minimum atomic E-state index is 0.794. The van der Waals surface area contributed by atoms with E-state index in [9.17, 15) is 0 Å². The first-order chi connectivity index (χ1) is 7.38. The fourth-order valence-electron chi connectivity index (χ4n) is 2.68. The Morgan fingerprint density at radius 2 is 2.07 bits per heavy atom. The van der Waals surface area contributed by atoms with Crippen LogP contribution >= 0.6 is 11.8 Å². The number of rotatable bonds is 4. The Labute approximate surface area is 98.2 Å². The average molecular weight is 228 g/mol. The van der Waals surface area contributed by atoms with Crippen molar-refractivity contribution in [3.05, 3.63) is 0 Å². The molecule has 1 unspecified atom stereocenters. The normalized spacial score (nSPS) is 29.8. The lowest BCUT2D eigenvalue weighted by molar-refractivity contribution is 0.199. The number of likely N-dealkylation sites (tertiary alicyclic amines) is 1. The highest BCUT2D eigenvalue weighted by molar-refractivity contribution is 8.00. The first kappa shape index (κ1) is 11.7. The summed E-state index contributed by atoms with van der Waals surface area (Å²) in [5.41, 5.74) is 0. The van der Waals surface area contributed by atoms with E-state index in [2.05, 4.69) is 28.9 Å². The first-order valence-corrected chi connectivity index (χ1v) is 7.50. The van der Waals surface area contributed by atoms with Gasteiger partial charge in [-0.15, -0.1) is 0 Å². The molecule has 0 amide bonds. The second kappa shape index (κ2) is 6.12. The Balaban J connectivity index is 1.64. The molecule has 2 aliphatic heterocycles. The SMILES string of the molecule is CCNC1CCN(CC2CCCS2)CC1. The summed E-state index contributed by atoms with van der Waals surface area (Å²) in [5, 5.41) is 4.51. The van der Waals surface area contributed by atoms with Crippen LogP contribution < -0.4 is 5.32 Å². The lowest BCUT2D eigenvalue weighted by atomic mass is 10.0. The molecule has 0 saturated carbocycles. The van der Waals surface area contributed by atoms with Crippen LogP contribution in [0.1, 0.15) is 32.6 Å². The monoisotopic (exact) mass is 228 g/mol. The summed E-state index contributed by atoms with van der Waals surface area (Å²) in [7, 11) is 0. The van der Waals surface area contributed by atoms with Gasteiger partial charge in [0.1, 0.15) is 0 Å². The summed E-state index contributed by atoms with van der Waals surface area (Å²) in [6, 6.07) is 0.794. The van der Waals surface area contributed by atoms with Gasteiger partial charge < -0.3 is 10.2 Å². The van der Waals surface area contributed by atoms with E-state index in [1.807, 2.05) is 0 Å². The lowest BCUT2D eigenvalue weighted by Gasteiger charge is -2.33. The van der Waals surface area contributed by atoms with E-state index in [1.54, 1.807) is 0 Å². The molecule has 2 aliphatic rings. The number of thioether (sulfide) groups is 1. The predicted octanol–water partition coefficient (Wildman–Crippen LogP) is 1.96. The van der Waals surface area contributed by atoms with Crippen LogP contribution in [0.15, 0.2) is 0 Å². The summed E-state index contributed by atoms with van der Waals surface area (Å²) >= 11 is 2.19. The van der Waals surface area contributed by atoms with E-state index in [1.165, 1.54) is 51.1 Å². The van der Waals surface area contributed by atoms with Gasteiger partial charge in [-0.1, -0.05) is 6.92 Å². The van der Waals surface area contributed by atoms with Crippen LogP contribution in [-0.2, 0) is 0 Å². The molecule has 2 fully saturated rings. The van der Waals surface area contributed by atoms with Crippen LogP contribution in [-0.4, -0.2) is 48.1 Å². The molecule has 2 rings (SSSR count). The van der Waals surface area contributed by atoms with Crippen molar-refractivity contribution >= 4 is 11.8 Å². The molecule has 0 aliphatic carbocycles. The minimum absolute atomic E-state index is 0.794. The van der Waals surface area contributed by atoms with Gasteiger partial charge in [0.15, 0.2) is 0 Å². The zero-order valence-corrected chi connectivity index (χ0v) is 10.7. The summed E-state index contributed by atoms with van der Waals surface area (Å²) < 4.78 is 0. The highest BCUT2D eigenvalue weighted by Gasteiger charge is 2.23. The van der Waals surface area contributed by atoms with Gasteiger partial charge in [-0.3, -0.25) is 0 Å². The first-order valence-electron chi connectivity index (χ1n) is 6.46. The summed E-state index contributed by atoms with van der Waals surface area (Å²) in [4.78, 5) is 2.68. The van der Waals surface area contributed by atoms with Gasteiger partial charge >= 0.3 is 0 Å². The van der Waals surface area contributed by atoms with E-state index >= 15 is 0 Å². The lowest BCUT2D eigenvalue weighted by Crippen LogP contribution is -2.44. The molecule has 1 atom stereocenters. The predicted molar refractivity (Wildman–Crippen MR) is 68.6 cm³/mol. The Morgan fingerprint density at radius 3 is 2.67 bits per heavy atom. The molecule has 3 heteroatoms. The number of hydrogen-bond acceptors (Lipinski definition) is 3. The maximum atomic E-state index is 3.57. The zero-order chi connectivity index (χ0) is 10.5. The van der Waals surface area contributed by atoms with Crippen molar-refractivity contribution in [3.8, 4) is 0 Å². The number of nitrogens with one attached hydrogen (secondary N) is 1. The van der Waals surface area contributed by atoms with Crippen molar-refractivity contribution in [1.29, 1.82) is 0 Å². The quantitative estimate of drug-likeness (QED) is 0.792. The summed E-state index contributed by atoms with van der Waals surface area (Å²) in [6.45, 7) is 7.32. The molecule has 2 nitrogen and oxygen atoms in total. The standard InChI is InChI=1S/C12H24N2S/c1-2-13-11-5-7-14(8-6-11)10-12-4-3-9-15-12/h11-13H,2-10H2,1H3. The number of nitrogens with zero attached hydrogens (tertiary/aromatic N) is 1. The molecular weight excluding hydrogens is 204 g/mol. The van der Waals surface area contributed by atoms with Crippen molar-refractivity contribution in [3.63, 3.8) is 0 Å². The molecular formula is C12H24N2S. The Hall–Kier alpha value is 0.270. The maximum absolute atomic E-state index is 3.57. The van der Waals surface area contributed by atoms with Gasteiger partial charge in [0.05, 0.1) is 0 Å². The van der Waals surface area contributed by atoms with Crippen molar-refractivity contribution in [2.24, 2.45) is 0 Å². The van der Waals surface area contributed by atoms with Gasteiger partial charge in [0.2, 0.25) is 0 Å². The maximum Gasteiger partial charge on any atom is 0.0175 e. The zero-order valence-electron chi connectivity index (χ0n) is 9.87. The Morgan fingerprint density at radius 1 is 1.27 bits per heavy atom. The highest BCUT2D eigenvalue weighted by atomic mass is 32.2. The Kier molecular flexibility index (Phi) is 4.79. The highest BCUT2D eigenvalue weighted by Crippen LogP contribution is 2.27. The third-order valence-electron chi connectivity index (χ3n) is 3.57. The smallest absolute Gasteiger partial charge is 0.0175 e. The van der Waals surface area contributed by atoms with E-state index in [0.29, 0.717) is 0 Å². The second-order valence-electron chi connectivity index (χ2n) is 4.77. The van der Waals surface area contributed by atoms with Crippen molar-refractivity contribution in [1.82, 2.24) is 10.2 Å². The molecule has 1 N–H and O–H groups in total. The van der Waals surface area contributed by atoms with Gasteiger partial charge in [-0.25, -0.2) is 0 Å². The topological polar surface area (TPSA) is 15.3 Å². The van der Waals surface area contributed by atoms with Crippen LogP contribution in [0.3, 0.4) is 0 Å². The minimum Gasteiger partial charge on any atom is -0.314 e. The van der Waals surface area contributed by atoms with Crippen molar-refractivity contribution < 1.29 is 0 Å². The molecule has 15 heavy (non-hydrogen) atoms. The van der Waals surface area contributed by atoms with Crippen LogP contribution in [0.5, 0.6) is 0 Å². The van der Waals surface area contributed by atoms with Crippen LogP contribution in [0.4, 0.5) is 0 Å². The van der Waals surface area contributed by atoms with Gasteiger partial charge in [0.25, 0.3) is 0 Å². The summed E-state index contributed by atoms with van der Waals surface area (Å²) in [5.74, 6) is 1.40.